The highest BCUT2D eigenvalue weighted by molar-refractivity contribution is 7.92. The molecule has 0 aliphatic carbocycles. The van der Waals surface area contributed by atoms with Crippen LogP contribution in [0.25, 0.3) is 11.1 Å². The first kappa shape index (κ1) is 15.7. The topological polar surface area (TPSA) is 54.5 Å². The Morgan fingerprint density at radius 1 is 0.957 bits per heavy atom. The van der Waals surface area contributed by atoms with Crippen molar-refractivity contribution in [2.75, 3.05) is 6.26 Å². The lowest BCUT2D eigenvalue weighted by Gasteiger charge is -2.24. The Balaban J connectivity index is 2.07. The fraction of sp³-hybridized carbons (Fsp3) is 0.278. The smallest absolute Gasteiger partial charge is 0.241 e. The summed E-state index contributed by atoms with van der Waals surface area (Å²) < 4.78 is 23.5. The number of benzene rings is 2. The van der Waals surface area contributed by atoms with Crippen molar-refractivity contribution in [3.63, 3.8) is 0 Å². The quantitative estimate of drug-likeness (QED) is 0.851. The van der Waals surface area contributed by atoms with Crippen LogP contribution in [0.1, 0.15) is 18.1 Å². The zero-order valence-electron chi connectivity index (χ0n) is 13.2. The van der Waals surface area contributed by atoms with E-state index in [-0.39, 0.29) is 5.91 Å². The van der Waals surface area contributed by atoms with Crippen molar-refractivity contribution >= 4 is 15.7 Å². The van der Waals surface area contributed by atoms with E-state index in [1.807, 2.05) is 48.5 Å². The SMILES string of the molecule is C[C@@H](C(=O)N1Cc2ccccc2-c2ccccc2C1)S(C)(=O)=O. The van der Waals surface area contributed by atoms with E-state index in [1.54, 1.807) is 4.90 Å². The van der Waals surface area contributed by atoms with E-state index >= 15 is 0 Å². The highest BCUT2D eigenvalue weighted by atomic mass is 32.2. The second-order valence-electron chi connectivity index (χ2n) is 5.98. The monoisotopic (exact) mass is 329 g/mol. The number of fused-ring (bicyclic) bond motifs is 3. The van der Waals surface area contributed by atoms with Crippen molar-refractivity contribution in [1.82, 2.24) is 4.90 Å². The molecule has 0 radical (unpaired) electrons. The highest BCUT2D eigenvalue weighted by Crippen LogP contribution is 2.32. The van der Waals surface area contributed by atoms with Gasteiger partial charge in [-0.15, -0.1) is 0 Å². The molecule has 2 aromatic carbocycles. The molecule has 0 bridgehead atoms. The summed E-state index contributed by atoms with van der Waals surface area (Å²) in [6.07, 6.45) is 1.11. The lowest BCUT2D eigenvalue weighted by Crippen LogP contribution is -2.40. The van der Waals surface area contributed by atoms with E-state index in [4.69, 9.17) is 0 Å². The molecule has 4 nitrogen and oxygen atoms in total. The van der Waals surface area contributed by atoms with E-state index in [0.29, 0.717) is 13.1 Å². The van der Waals surface area contributed by atoms with Crippen LogP contribution >= 0.6 is 0 Å². The Hall–Kier alpha value is -2.14. The maximum atomic E-state index is 12.7. The average Bonchev–Trinajstić information content (AvgIpc) is 2.69. The van der Waals surface area contributed by atoms with Gasteiger partial charge in [0.2, 0.25) is 5.91 Å². The van der Waals surface area contributed by atoms with E-state index in [1.165, 1.54) is 6.92 Å². The number of nitrogens with zero attached hydrogens (tertiary/aromatic N) is 1. The Morgan fingerprint density at radius 3 is 1.83 bits per heavy atom. The van der Waals surface area contributed by atoms with Gasteiger partial charge in [0.1, 0.15) is 5.25 Å². The van der Waals surface area contributed by atoms with Crippen molar-refractivity contribution in [1.29, 1.82) is 0 Å². The van der Waals surface area contributed by atoms with Crippen LogP contribution in [0.3, 0.4) is 0 Å². The van der Waals surface area contributed by atoms with Crippen LogP contribution in [0.15, 0.2) is 48.5 Å². The van der Waals surface area contributed by atoms with Crippen molar-refractivity contribution in [3.8, 4) is 11.1 Å². The molecular weight excluding hydrogens is 310 g/mol. The molecule has 5 heteroatoms. The molecule has 0 aromatic heterocycles. The first-order valence-electron chi connectivity index (χ1n) is 7.52. The molecule has 1 amide bonds. The van der Waals surface area contributed by atoms with Gasteiger partial charge in [-0.05, 0) is 29.2 Å². The number of amides is 1. The summed E-state index contributed by atoms with van der Waals surface area (Å²) in [5, 5.41) is -1.03. The van der Waals surface area contributed by atoms with Gasteiger partial charge >= 0.3 is 0 Å². The van der Waals surface area contributed by atoms with Crippen LogP contribution < -0.4 is 0 Å². The molecule has 1 aliphatic heterocycles. The highest BCUT2D eigenvalue weighted by Gasteiger charge is 2.30. The summed E-state index contributed by atoms with van der Waals surface area (Å²) in [4.78, 5) is 14.3. The molecule has 0 fully saturated rings. The van der Waals surface area contributed by atoms with Crippen molar-refractivity contribution in [2.45, 2.75) is 25.3 Å². The van der Waals surface area contributed by atoms with Crippen molar-refractivity contribution < 1.29 is 13.2 Å². The molecule has 2 aromatic rings. The van der Waals surface area contributed by atoms with Crippen molar-refractivity contribution in [2.24, 2.45) is 0 Å². The first-order valence-corrected chi connectivity index (χ1v) is 9.47. The number of hydrogen-bond acceptors (Lipinski definition) is 3. The lowest BCUT2D eigenvalue weighted by molar-refractivity contribution is -0.131. The average molecular weight is 329 g/mol. The Kier molecular flexibility index (Phi) is 3.98. The number of sulfone groups is 1. The normalized spacial score (nSPS) is 15.3. The second-order valence-corrected chi connectivity index (χ2v) is 8.35. The Bertz CT molecular complexity index is 811. The van der Waals surface area contributed by atoms with Crippen LogP contribution in [0.5, 0.6) is 0 Å². The standard InChI is InChI=1S/C18H19NO3S/c1-13(23(2,21)22)18(20)19-11-14-7-3-5-9-16(14)17-10-6-4-8-15(17)12-19/h3-10,13H,11-12H2,1-2H3/t13-/m0/s1. The maximum Gasteiger partial charge on any atom is 0.241 e. The van der Waals surface area contributed by atoms with Gasteiger partial charge in [0, 0.05) is 19.3 Å². The van der Waals surface area contributed by atoms with Crippen molar-refractivity contribution in [3.05, 3.63) is 59.7 Å². The van der Waals surface area contributed by atoms with Crippen LogP contribution in [-0.2, 0) is 27.7 Å². The molecule has 0 unspecified atom stereocenters. The fourth-order valence-corrected chi connectivity index (χ4v) is 3.42. The third kappa shape index (κ3) is 3.01. The zero-order chi connectivity index (χ0) is 16.6. The predicted molar refractivity (Wildman–Crippen MR) is 90.4 cm³/mol. The fourth-order valence-electron chi connectivity index (χ4n) is 2.91. The van der Waals surface area contributed by atoms with Gasteiger partial charge in [0.25, 0.3) is 0 Å². The van der Waals surface area contributed by atoms with Gasteiger partial charge in [0.05, 0.1) is 0 Å². The molecule has 0 saturated carbocycles. The minimum atomic E-state index is -3.41. The van der Waals surface area contributed by atoms with E-state index in [0.717, 1.165) is 28.5 Å². The van der Waals surface area contributed by atoms with Gasteiger partial charge in [-0.2, -0.15) is 0 Å². The molecule has 1 aliphatic rings. The van der Waals surface area contributed by atoms with Crippen LogP contribution in [0, 0.1) is 0 Å². The van der Waals surface area contributed by atoms with Gasteiger partial charge < -0.3 is 4.90 Å². The molecule has 1 heterocycles. The predicted octanol–water partition coefficient (Wildman–Crippen LogP) is 2.63. The molecule has 120 valence electrons. The summed E-state index contributed by atoms with van der Waals surface area (Å²) in [7, 11) is -3.41. The van der Waals surface area contributed by atoms with Gasteiger partial charge in [-0.3, -0.25) is 4.79 Å². The van der Waals surface area contributed by atoms with Crippen LogP contribution in [0.4, 0.5) is 0 Å². The minimum absolute atomic E-state index is 0.348. The number of carbonyl (C=O) groups excluding carboxylic acids is 1. The number of rotatable bonds is 2. The molecular formula is C18H19NO3S. The van der Waals surface area contributed by atoms with Gasteiger partial charge in [-0.1, -0.05) is 48.5 Å². The Morgan fingerprint density at radius 2 is 1.39 bits per heavy atom. The minimum Gasteiger partial charge on any atom is -0.333 e. The largest absolute Gasteiger partial charge is 0.333 e. The summed E-state index contributed by atoms with van der Waals surface area (Å²) in [5.41, 5.74) is 4.27. The van der Waals surface area contributed by atoms with E-state index in [9.17, 15) is 13.2 Å². The molecule has 1 atom stereocenters. The molecule has 0 spiro atoms. The number of carbonyl (C=O) groups is 1. The summed E-state index contributed by atoms with van der Waals surface area (Å²) in [6, 6.07) is 15.9. The molecule has 0 saturated heterocycles. The summed E-state index contributed by atoms with van der Waals surface area (Å²) in [5.74, 6) is -0.348. The first-order chi connectivity index (χ1) is 10.9. The third-order valence-electron chi connectivity index (χ3n) is 4.35. The van der Waals surface area contributed by atoms with Gasteiger partial charge in [0.15, 0.2) is 9.84 Å². The summed E-state index contributed by atoms with van der Waals surface area (Å²) in [6.45, 7) is 2.30. The molecule has 23 heavy (non-hydrogen) atoms. The maximum absolute atomic E-state index is 12.7. The van der Waals surface area contributed by atoms with E-state index < -0.39 is 15.1 Å². The van der Waals surface area contributed by atoms with Crippen LogP contribution in [0.2, 0.25) is 0 Å². The third-order valence-corrected chi connectivity index (χ3v) is 5.84. The molecule has 0 N–H and O–H groups in total. The van der Waals surface area contributed by atoms with Gasteiger partial charge in [-0.25, -0.2) is 8.42 Å². The molecule has 3 rings (SSSR count). The van der Waals surface area contributed by atoms with E-state index in [2.05, 4.69) is 0 Å². The lowest BCUT2D eigenvalue weighted by atomic mass is 9.97. The van der Waals surface area contributed by atoms with Crippen LogP contribution in [-0.4, -0.2) is 30.7 Å². The summed E-state index contributed by atoms with van der Waals surface area (Å²) >= 11 is 0. The number of hydrogen-bond donors (Lipinski definition) is 0. The second kappa shape index (κ2) is 5.81. The Labute approximate surface area is 136 Å². The zero-order valence-corrected chi connectivity index (χ0v) is 14.0.